The molecule has 3 rings (SSSR count). The number of rotatable bonds is 4. The third-order valence-electron chi connectivity index (χ3n) is 4.89. The van der Waals surface area contributed by atoms with Crippen LogP contribution in [0, 0.1) is 12.8 Å². The molecule has 1 N–H and O–H groups in total. The summed E-state index contributed by atoms with van der Waals surface area (Å²) in [6.45, 7) is 3.53. The average Bonchev–Trinajstić information content (AvgIpc) is 2.59. The number of aryl methyl sites for hydroxylation is 1. The fourth-order valence-electron chi connectivity index (χ4n) is 3.65. The van der Waals surface area contributed by atoms with E-state index >= 15 is 0 Å². The number of nitrogens with one attached hydrogen (secondary N) is 1. The predicted molar refractivity (Wildman–Crippen MR) is 94.8 cm³/mol. The van der Waals surface area contributed by atoms with Gasteiger partial charge in [0.15, 0.2) is 0 Å². The number of benzene rings is 1. The highest BCUT2D eigenvalue weighted by molar-refractivity contribution is 5.32. The SMILES string of the molecule is Cc1cncc(NCC2CCCN(C)C2c2ccc(C(F)(F)F)cc2)n1. The molecule has 1 aliphatic rings. The number of anilines is 1. The van der Waals surface area contributed by atoms with Crippen LogP contribution in [0.2, 0.25) is 0 Å². The summed E-state index contributed by atoms with van der Waals surface area (Å²) in [5, 5.41) is 3.33. The molecule has 0 saturated carbocycles. The lowest BCUT2D eigenvalue weighted by atomic mass is 9.84. The van der Waals surface area contributed by atoms with Gasteiger partial charge in [-0.05, 0) is 57.0 Å². The summed E-state index contributed by atoms with van der Waals surface area (Å²) in [5.41, 5.74) is 1.15. The van der Waals surface area contributed by atoms with Crippen LogP contribution in [-0.2, 0) is 6.18 Å². The highest BCUT2D eigenvalue weighted by atomic mass is 19.4. The van der Waals surface area contributed by atoms with Crippen molar-refractivity contribution in [2.24, 2.45) is 5.92 Å². The van der Waals surface area contributed by atoms with Crippen LogP contribution in [0.15, 0.2) is 36.7 Å². The molecule has 0 aliphatic carbocycles. The van der Waals surface area contributed by atoms with Crippen molar-refractivity contribution in [1.82, 2.24) is 14.9 Å². The van der Waals surface area contributed by atoms with Gasteiger partial charge in [-0.25, -0.2) is 4.98 Å². The van der Waals surface area contributed by atoms with E-state index in [2.05, 4.69) is 20.2 Å². The number of likely N-dealkylation sites (tertiary alicyclic amines) is 1. The maximum absolute atomic E-state index is 12.8. The zero-order chi connectivity index (χ0) is 18.7. The molecule has 1 aromatic heterocycles. The minimum Gasteiger partial charge on any atom is -0.368 e. The van der Waals surface area contributed by atoms with Gasteiger partial charge < -0.3 is 5.32 Å². The van der Waals surface area contributed by atoms with Crippen LogP contribution in [0.4, 0.5) is 19.0 Å². The number of hydrogen-bond acceptors (Lipinski definition) is 4. The molecule has 0 amide bonds. The smallest absolute Gasteiger partial charge is 0.368 e. The quantitative estimate of drug-likeness (QED) is 0.878. The van der Waals surface area contributed by atoms with E-state index in [4.69, 9.17) is 0 Å². The number of halogens is 3. The van der Waals surface area contributed by atoms with E-state index < -0.39 is 11.7 Å². The highest BCUT2D eigenvalue weighted by Crippen LogP contribution is 2.37. The van der Waals surface area contributed by atoms with Crippen molar-refractivity contribution >= 4 is 5.82 Å². The molecule has 4 nitrogen and oxygen atoms in total. The molecule has 0 radical (unpaired) electrons. The first kappa shape index (κ1) is 18.6. The van der Waals surface area contributed by atoms with Gasteiger partial charge in [0, 0.05) is 18.8 Å². The summed E-state index contributed by atoms with van der Waals surface area (Å²) in [5.74, 6) is 1.01. The topological polar surface area (TPSA) is 41.1 Å². The van der Waals surface area contributed by atoms with Gasteiger partial charge in [-0.3, -0.25) is 9.88 Å². The van der Waals surface area contributed by atoms with Gasteiger partial charge in [-0.1, -0.05) is 12.1 Å². The molecule has 2 atom stereocenters. The Bertz CT molecular complexity index is 730. The summed E-state index contributed by atoms with van der Waals surface area (Å²) in [4.78, 5) is 10.8. The van der Waals surface area contributed by atoms with Crippen LogP contribution in [0.5, 0.6) is 0 Å². The maximum Gasteiger partial charge on any atom is 0.416 e. The zero-order valence-corrected chi connectivity index (χ0v) is 14.9. The Morgan fingerprint density at radius 2 is 1.92 bits per heavy atom. The number of alkyl halides is 3. The Morgan fingerprint density at radius 1 is 1.19 bits per heavy atom. The molecule has 7 heteroatoms. The molecule has 2 unspecified atom stereocenters. The fraction of sp³-hybridized carbons (Fsp3) is 0.474. The van der Waals surface area contributed by atoms with E-state index in [1.165, 1.54) is 12.1 Å². The molecule has 1 aliphatic heterocycles. The van der Waals surface area contributed by atoms with Gasteiger partial charge in [-0.15, -0.1) is 0 Å². The van der Waals surface area contributed by atoms with Gasteiger partial charge >= 0.3 is 6.18 Å². The fourth-order valence-corrected chi connectivity index (χ4v) is 3.65. The van der Waals surface area contributed by atoms with Crippen molar-refractivity contribution in [3.05, 3.63) is 53.5 Å². The third-order valence-corrected chi connectivity index (χ3v) is 4.89. The molecule has 140 valence electrons. The Labute approximate surface area is 151 Å². The molecule has 2 aromatic rings. The van der Waals surface area contributed by atoms with Crippen LogP contribution in [-0.4, -0.2) is 35.0 Å². The second kappa shape index (κ2) is 7.61. The molecule has 0 bridgehead atoms. The van der Waals surface area contributed by atoms with Crippen molar-refractivity contribution in [3.63, 3.8) is 0 Å². The molecule has 26 heavy (non-hydrogen) atoms. The van der Waals surface area contributed by atoms with E-state index in [1.54, 1.807) is 24.5 Å². The monoisotopic (exact) mass is 364 g/mol. The third kappa shape index (κ3) is 4.33. The van der Waals surface area contributed by atoms with E-state index in [-0.39, 0.29) is 12.0 Å². The van der Waals surface area contributed by atoms with Gasteiger partial charge in [0.05, 0.1) is 17.5 Å². The normalized spacial score (nSPS) is 21.6. The minimum atomic E-state index is -4.30. The summed E-state index contributed by atoms with van der Waals surface area (Å²) in [6, 6.07) is 5.64. The first-order valence-electron chi connectivity index (χ1n) is 8.74. The van der Waals surface area contributed by atoms with Crippen molar-refractivity contribution in [2.75, 3.05) is 25.5 Å². The summed E-state index contributed by atoms with van der Waals surface area (Å²) >= 11 is 0. The van der Waals surface area contributed by atoms with Crippen molar-refractivity contribution in [1.29, 1.82) is 0 Å². The van der Waals surface area contributed by atoms with Crippen LogP contribution in [0.3, 0.4) is 0 Å². The average molecular weight is 364 g/mol. The van der Waals surface area contributed by atoms with Crippen molar-refractivity contribution < 1.29 is 13.2 Å². The van der Waals surface area contributed by atoms with Gasteiger partial charge in [0.2, 0.25) is 0 Å². The van der Waals surface area contributed by atoms with Crippen LogP contribution < -0.4 is 5.32 Å². The first-order valence-corrected chi connectivity index (χ1v) is 8.74. The van der Waals surface area contributed by atoms with Gasteiger partial charge in [0.1, 0.15) is 5.82 Å². The lowest BCUT2D eigenvalue weighted by molar-refractivity contribution is -0.137. The van der Waals surface area contributed by atoms with Crippen LogP contribution in [0.25, 0.3) is 0 Å². The van der Waals surface area contributed by atoms with Crippen LogP contribution in [0.1, 0.15) is 35.7 Å². The number of hydrogen-bond donors (Lipinski definition) is 1. The summed E-state index contributed by atoms with van der Waals surface area (Å²) in [7, 11) is 2.03. The summed E-state index contributed by atoms with van der Waals surface area (Å²) in [6.07, 6.45) is 1.17. The van der Waals surface area contributed by atoms with E-state index in [0.717, 1.165) is 36.5 Å². The minimum absolute atomic E-state index is 0.0799. The van der Waals surface area contributed by atoms with Crippen LogP contribution >= 0.6 is 0 Å². The molecule has 1 fully saturated rings. The molecule has 1 saturated heterocycles. The Balaban J connectivity index is 1.75. The van der Waals surface area contributed by atoms with E-state index in [0.29, 0.717) is 6.54 Å². The number of piperidine rings is 1. The van der Waals surface area contributed by atoms with E-state index in [9.17, 15) is 13.2 Å². The largest absolute Gasteiger partial charge is 0.416 e. The molecule has 2 heterocycles. The maximum atomic E-state index is 12.8. The Kier molecular flexibility index (Phi) is 5.46. The second-order valence-corrected chi connectivity index (χ2v) is 6.87. The molecular weight excluding hydrogens is 341 g/mol. The summed E-state index contributed by atoms with van der Waals surface area (Å²) < 4.78 is 38.5. The lowest BCUT2D eigenvalue weighted by Gasteiger charge is -2.39. The predicted octanol–water partition coefficient (Wildman–Crippen LogP) is 4.30. The molecular formula is C19H23F3N4. The van der Waals surface area contributed by atoms with E-state index in [1.807, 2.05) is 14.0 Å². The Morgan fingerprint density at radius 3 is 2.58 bits per heavy atom. The Hall–Kier alpha value is -2.15. The number of nitrogens with zero attached hydrogens (tertiary/aromatic N) is 3. The standard InChI is InChI=1S/C19H23F3N4/c1-13-10-23-12-17(25-13)24-11-15-4-3-9-26(2)18(15)14-5-7-16(8-6-14)19(20,21)22/h5-8,10,12,15,18H,3-4,9,11H2,1-2H3,(H,24,25). The lowest BCUT2D eigenvalue weighted by Crippen LogP contribution is -2.39. The van der Waals surface area contributed by atoms with Gasteiger partial charge in [-0.2, -0.15) is 13.2 Å². The molecule has 1 aromatic carbocycles. The van der Waals surface area contributed by atoms with Gasteiger partial charge in [0.25, 0.3) is 0 Å². The second-order valence-electron chi connectivity index (χ2n) is 6.87. The zero-order valence-electron chi connectivity index (χ0n) is 14.9. The molecule has 0 spiro atoms. The van der Waals surface area contributed by atoms with Crippen molar-refractivity contribution in [2.45, 2.75) is 32.0 Å². The number of aromatic nitrogens is 2. The van der Waals surface area contributed by atoms with Crippen molar-refractivity contribution in [3.8, 4) is 0 Å². The highest BCUT2D eigenvalue weighted by Gasteiger charge is 2.33. The first-order chi connectivity index (χ1) is 12.3.